The second kappa shape index (κ2) is 12.5. The van der Waals surface area contributed by atoms with E-state index in [4.69, 9.17) is 28.3 Å². The fourth-order valence-corrected chi connectivity index (χ4v) is 4.70. The molecule has 0 atom stereocenters. The zero-order valence-electron chi connectivity index (χ0n) is 23.4. The molecule has 0 saturated carbocycles. The van der Waals surface area contributed by atoms with Gasteiger partial charge in [-0.2, -0.15) is 0 Å². The van der Waals surface area contributed by atoms with Crippen molar-refractivity contribution in [3.8, 4) is 45.6 Å². The molecule has 0 N–H and O–H groups in total. The summed E-state index contributed by atoms with van der Waals surface area (Å²) in [4.78, 5) is 9.08. The van der Waals surface area contributed by atoms with Gasteiger partial charge in [-0.15, -0.1) is 0 Å². The molecule has 0 aliphatic rings. The second-order valence-electron chi connectivity index (χ2n) is 9.61. The number of oxazole rings is 1. The maximum atomic E-state index is 6.41. The fourth-order valence-electron chi connectivity index (χ4n) is 4.70. The molecule has 0 unspecified atom stereocenters. The Hall–Kier alpha value is -5.30. The zero-order chi connectivity index (χ0) is 28.7. The van der Waals surface area contributed by atoms with E-state index < -0.39 is 0 Å². The molecular weight excluding hydrogens is 528 g/mol. The van der Waals surface area contributed by atoms with Gasteiger partial charge in [-0.25, -0.2) is 9.97 Å². The van der Waals surface area contributed by atoms with Crippen LogP contribution in [0.5, 0.6) is 23.0 Å². The van der Waals surface area contributed by atoms with Crippen LogP contribution in [0.15, 0.2) is 114 Å². The number of nitrogens with zero attached hydrogens (tertiary/aromatic N) is 2. The topological polar surface area (TPSA) is 75.8 Å². The summed E-state index contributed by atoms with van der Waals surface area (Å²) in [5.74, 6) is 3.52. The smallest absolute Gasteiger partial charge is 0.181 e. The molecule has 0 spiro atoms. The number of hydrogen-bond donors (Lipinski definition) is 0. The largest absolute Gasteiger partial charge is 0.496 e. The van der Waals surface area contributed by atoms with Crippen molar-refractivity contribution in [3.05, 3.63) is 121 Å². The third kappa shape index (κ3) is 6.05. The van der Waals surface area contributed by atoms with E-state index in [0.717, 1.165) is 50.3 Å². The van der Waals surface area contributed by atoms with E-state index in [1.165, 1.54) is 6.39 Å². The van der Waals surface area contributed by atoms with Crippen LogP contribution in [0.2, 0.25) is 0 Å². The standard InChI is InChI=1S/C35H30N2O5/c1-3-39-27-14-12-25(13-15-27)21-40-28-11-7-10-26(16-28)31-18-34(41-22-24-8-5-4-6-9-24)29-17-30(35-20-36-23-42-35)33(38-2)19-32(29)37-31/h4-20,23H,3,21-22H2,1-2H3. The van der Waals surface area contributed by atoms with E-state index >= 15 is 0 Å². The number of benzene rings is 4. The number of hydrogen-bond acceptors (Lipinski definition) is 7. The van der Waals surface area contributed by atoms with Gasteiger partial charge in [-0.3, -0.25) is 0 Å². The molecule has 6 aromatic rings. The number of fused-ring (bicyclic) bond motifs is 1. The molecule has 7 nitrogen and oxygen atoms in total. The van der Waals surface area contributed by atoms with Gasteiger partial charge in [0.25, 0.3) is 0 Å². The van der Waals surface area contributed by atoms with Crippen molar-refractivity contribution in [1.29, 1.82) is 0 Å². The molecule has 0 saturated heterocycles. The van der Waals surface area contributed by atoms with Crippen molar-refractivity contribution in [2.75, 3.05) is 13.7 Å². The third-order valence-corrected chi connectivity index (χ3v) is 6.80. The van der Waals surface area contributed by atoms with E-state index in [2.05, 4.69) is 4.98 Å². The lowest BCUT2D eigenvalue weighted by Gasteiger charge is -2.15. The van der Waals surface area contributed by atoms with Crippen LogP contribution in [-0.4, -0.2) is 23.7 Å². The molecule has 7 heteroatoms. The van der Waals surface area contributed by atoms with Crippen LogP contribution >= 0.6 is 0 Å². The van der Waals surface area contributed by atoms with Crippen LogP contribution in [0.25, 0.3) is 33.5 Å². The van der Waals surface area contributed by atoms with Gasteiger partial charge in [0.2, 0.25) is 0 Å². The highest BCUT2D eigenvalue weighted by Gasteiger charge is 2.17. The summed E-state index contributed by atoms with van der Waals surface area (Å²) in [5.41, 5.74) is 5.29. The molecule has 42 heavy (non-hydrogen) atoms. The summed E-state index contributed by atoms with van der Waals surface area (Å²) in [7, 11) is 1.63. The van der Waals surface area contributed by atoms with Crippen LogP contribution in [-0.2, 0) is 13.2 Å². The minimum Gasteiger partial charge on any atom is -0.496 e. The molecular formula is C35H30N2O5. The molecule has 0 radical (unpaired) electrons. The number of aromatic nitrogens is 2. The normalized spacial score (nSPS) is 10.9. The van der Waals surface area contributed by atoms with E-state index in [1.54, 1.807) is 13.3 Å². The first-order valence-corrected chi connectivity index (χ1v) is 13.7. The molecule has 2 aromatic heterocycles. The van der Waals surface area contributed by atoms with Gasteiger partial charge in [-0.1, -0.05) is 54.6 Å². The van der Waals surface area contributed by atoms with Crippen LogP contribution in [0.1, 0.15) is 18.1 Å². The molecule has 6 rings (SSSR count). The zero-order valence-corrected chi connectivity index (χ0v) is 23.4. The first-order chi connectivity index (χ1) is 20.7. The van der Waals surface area contributed by atoms with Gasteiger partial charge in [0.1, 0.15) is 36.2 Å². The molecule has 0 aliphatic heterocycles. The van der Waals surface area contributed by atoms with E-state index in [1.807, 2.05) is 104 Å². The van der Waals surface area contributed by atoms with Crippen molar-refractivity contribution >= 4 is 10.9 Å². The SMILES string of the molecule is CCOc1ccc(COc2cccc(-c3cc(OCc4ccccc4)c4cc(-c5cnco5)c(OC)cc4n3)c2)cc1. The summed E-state index contributed by atoms with van der Waals surface area (Å²) in [6.45, 7) is 3.46. The minimum atomic E-state index is 0.411. The Labute approximate surface area is 244 Å². The highest BCUT2D eigenvalue weighted by atomic mass is 16.5. The lowest BCUT2D eigenvalue weighted by atomic mass is 10.0. The summed E-state index contributed by atoms with van der Waals surface area (Å²) < 4.78 is 29.4. The predicted molar refractivity (Wildman–Crippen MR) is 162 cm³/mol. The summed E-state index contributed by atoms with van der Waals surface area (Å²) in [5, 5.41) is 0.838. The molecule has 0 amide bonds. The molecule has 0 aliphatic carbocycles. The van der Waals surface area contributed by atoms with Crippen molar-refractivity contribution in [2.24, 2.45) is 0 Å². The van der Waals surface area contributed by atoms with E-state index in [0.29, 0.717) is 37.1 Å². The Kier molecular flexibility index (Phi) is 7.99. The van der Waals surface area contributed by atoms with Crippen molar-refractivity contribution in [2.45, 2.75) is 20.1 Å². The highest BCUT2D eigenvalue weighted by molar-refractivity contribution is 5.93. The fraction of sp³-hybridized carbons (Fsp3) is 0.143. The maximum absolute atomic E-state index is 6.41. The minimum absolute atomic E-state index is 0.411. The first-order valence-electron chi connectivity index (χ1n) is 13.7. The van der Waals surface area contributed by atoms with Gasteiger partial charge in [-0.05, 0) is 48.4 Å². The van der Waals surface area contributed by atoms with Crippen molar-refractivity contribution in [1.82, 2.24) is 9.97 Å². The van der Waals surface area contributed by atoms with E-state index in [9.17, 15) is 0 Å². The Morgan fingerprint density at radius 3 is 2.29 bits per heavy atom. The monoisotopic (exact) mass is 558 g/mol. The van der Waals surface area contributed by atoms with Crippen LogP contribution < -0.4 is 18.9 Å². The Morgan fingerprint density at radius 2 is 1.52 bits per heavy atom. The summed E-state index contributed by atoms with van der Waals surface area (Å²) in [6.07, 6.45) is 3.06. The molecule has 0 fully saturated rings. The Bertz CT molecular complexity index is 1770. The average Bonchev–Trinajstić information content (AvgIpc) is 3.58. The number of rotatable bonds is 11. The number of methoxy groups -OCH3 is 1. The third-order valence-electron chi connectivity index (χ3n) is 6.80. The van der Waals surface area contributed by atoms with Gasteiger partial charge < -0.3 is 23.4 Å². The number of pyridine rings is 1. The van der Waals surface area contributed by atoms with Crippen LogP contribution in [0.3, 0.4) is 0 Å². The first kappa shape index (κ1) is 26.9. The lowest BCUT2D eigenvalue weighted by molar-refractivity contribution is 0.305. The van der Waals surface area contributed by atoms with Crippen molar-refractivity contribution < 1.29 is 23.4 Å². The molecule has 210 valence electrons. The molecule has 2 heterocycles. The quantitative estimate of drug-likeness (QED) is 0.159. The molecule has 4 aromatic carbocycles. The average molecular weight is 559 g/mol. The van der Waals surface area contributed by atoms with Crippen LogP contribution in [0, 0.1) is 0 Å². The van der Waals surface area contributed by atoms with Gasteiger partial charge in [0.15, 0.2) is 12.2 Å². The summed E-state index contributed by atoms with van der Waals surface area (Å²) in [6, 6.07) is 31.8. The van der Waals surface area contributed by atoms with Gasteiger partial charge in [0.05, 0.1) is 36.7 Å². The van der Waals surface area contributed by atoms with Gasteiger partial charge in [0, 0.05) is 23.1 Å². The maximum Gasteiger partial charge on any atom is 0.181 e. The van der Waals surface area contributed by atoms with Gasteiger partial charge >= 0.3 is 0 Å². The lowest BCUT2D eigenvalue weighted by Crippen LogP contribution is -1.99. The molecule has 0 bridgehead atoms. The van der Waals surface area contributed by atoms with Crippen molar-refractivity contribution in [3.63, 3.8) is 0 Å². The Balaban J connectivity index is 1.34. The Morgan fingerprint density at radius 1 is 0.714 bits per heavy atom. The summed E-state index contributed by atoms with van der Waals surface area (Å²) >= 11 is 0. The van der Waals surface area contributed by atoms with E-state index in [-0.39, 0.29) is 0 Å². The van der Waals surface area contributed by atoms with Crippen LogP contribution in [0.4, 0.5) is 0 Å². The second-order valence-corrected chi connectivity index (χ2v) is 9.61. The number of ether oxygens (including phenoxy) is 4. The highest BCUT2D eigenvalue weighted by Crippen LogP contribution is 2.39. The predicted octanol–water partition coefficient (Wildman–Crippen LogP) is 8.12.